The Morgan fingerprint density at radius 3 is 2.80 bits per heavy atom. The van der Waals surface area contributed by atoms with Gasteiger partial charge in [-0.05, 0) is 41.6 Å². The molecule has 1 aromatic carbocycles. The molecule has 0 spiro atoms. The molecule has 2 unspecified atom stereocenters. The molecule has 1 aliphatic heterocycles. The Hall–Kier alpha value is -3.22. The number of halogens is 3. The predicted octanol–water partition coefficient (Wildman–Crippen LogP) is 3.84. The van der Waals surface area contributed by atoms with Gasteiger partial charge in [-0.3, -0.25) is 5.10 Å². The average molecular weight is 514 g/mol. The maximum Gasteiger partial charge on any atom is 0.333 e. The van der Waals surface area contributed by atoms with Crippen LogP contribution < -0.4 is 10.6 Å². The maximum absolute atomic E-state index is 13.1. The minimum atomic E-state index is -2.74. The average Bonchev–Trinajstić information content (AvgIpc) is 3.52. The van der Waals surface area contributed by atoms with Gasteiger partial charge in [-0.25, -0.2) is 14.6 Å². The summed E-state index contributed by atoms with van der Waals surface area (Å²) in [6.07, 6.45) is 2.97. The van der Waals surface area contributed by atoms with E-state index in [1.807, 2.05) is 5.38 Å². The first-order valence-electron chi connectivity index (χ1n) is 11.0. The molecule has 1 aliphatic carbocycles. The lowest BCUT2D eigenvalue weighted by molar-refractivity contribution is 0.0574. The fourth-order valence-electron chi connectivity index (χ4n) is 5.66. The highest BCUT2D eigenvalue weighted by Crippen LogP contribution is 2.63. The number of nitrogens with two attached hydrogens (primary N) is 1. The Kier molecular flexibility index (Phi) is 4.45. The number of hydrogen-bond donors (Lipinski definition) is 2. The van der Waals surface area contributed by atoms with E-state index in [0.717, 1.165) is 24.6 Å². The smallest absolute Gasteiger partial charge is 0.333 e. The van der Waals surface area contributed by atoms with E-state index in [-0.39, 0.29) is 5.41 Å². The lowest BCUT2D eigenvalue weighted by Crippen LogP contribution is -2.35. The summed E-state index contributed by atoms with van der Waals surface area (Å²) < 4.78 is 31.3. The lowest BCUT2D eigenvalue weighted by Gasteiger charge is -2.25. The fourth-order valence-corrected chi connectivity index (χ4v) is 6.56. The third-order valence-electron chi connectivity index (χ3n) is 7.47. The second kappa shape index (κ2) is 7.39. The van der Waals surface area contributed by atoms with E-state index < -0.39 is 6.55 Å². The Morgan fingerprint density at radius 1 is 1.26 bits per heavy atom. The van der Waals surface area contributed by atoms with Gasteiger partial charge in [-0.15, -0.1) is 0 Å². The monoisotopic (exact) mass is 513 g/mol. The van der Waals surface area contributed by atoms with Crippen LogP contribution in [0.5, 0.6) is 0 Å². The van der Waals surface area contributed by atoms with E-state index >= 15 is 0 Å². The number of alkyl halides is 2. The van der Waals surface area contributed by atoms with Crippen LogP contribution >= 0.6 is 23.1 Å². The molecule has 178 valence electrons. The van der Waals surface area contributed by atoms with Crippen molar-refractivity contribution in [1.29, 1.82) is 0 Å². The molecule has 5 heterocycles. The molecule has 1 saturated carbocycles. The molecule has 0 radical (unpaired) electrons. The third-order valence-corrected chi connectivity index (χ3v) is 8.44. The van der Waals surface area contributed by atoms with Gasteiger partial charge < -0.3 is 10.6 Å². The van der Waals surface area contributed by atoms with Crippen molar-refractivity contribution >= 4 is 51.0 Å². The number of benzene rings is 1. The van der Waals surface area contributed by atoms with Gasteiger partial charge in [0.1, 0.15) is 11.3 Å². The highest BCUT2D eigenvalue weighted by Gasteiger charge is 2.69. The summed E-state index contributed by atoms with van der Waals surface area (Å²) >= 11 is 8.04. The second-order valence-electron chi connectivity index (χ2n) is 8.99. The quantitative estimate of drug-likeness (QED) is 0.367. The van der Waals surface area contributed by atoms with Gasteiger partial charge in [0.05, 0.1) is 28.1 Å². The number of nitrogens with one attached hydrogen (secondary N) is 1. The number of nitrogens with zero attached hydrogens (tertiary/aromatic N) is 7. The second-order valence-corrected chi connectivity index (χ2v) is 10.0. The molecule has 5 aromatic rings. The van der Waals surface area contributed by atoms with Crippen LogP contribution in [0, 0.1) is 11.8 Å². The standard InChI is InChI=1S/C22H18ClF2N9S/c23-17-10(1-2-14-11(17)6-34(31-14)21(24)25)18-19-20(30-29-18)28-16(5-27-19)33-7-12-13(8-33)22(12,9-26)15-3-4-35-32-15/h1-6,12-13,21H,7-9,26H2,(H,28,29,30)/t12-,13?,22?/m1/s1. The molecule has 0 amide bonds. The van der Waals surface area contributed by atoms with Gasteiger partial charge >= 0.3 is 6.55 Å². The van der Waals surface area contributed by atoms with Gasteiger partial charge in [0.15, 0.2) is 0 Å². The molecule has 2 aliphatic rings. The number of hydrogen-bond acceptors (Lipinski definition) is 8. The Balaban J connectivity index is 1.19. The van der Waals surface area contributed by atoms with E-state index in [4.69, 9.17) is 22.3 Å². The molecular formula is C22H18ClF2N9S. The van der Waals surface area contributed by atoms with Crippen LogP contribution in [0.15, 0.2) is 36.0 Å². The van der Waals surface area contributed by atoms with Gasteiger partial charge in [-0.2, -0.15) is 23.4 Å². The maximum atomic E-state index is 13.1. The van der Waals surface area contributed by atoms with E-state index in [1.165, 1.54) is 17.7 Å². The van der Waals surface area contributed by atoms with Crippen LogP contribution in [0.3, 0.4) is 0 Å². The number of aromatic amines is 1. The van der Waals surface area contributed by atoms with E-state index in [2.05, 4.69) is 35.6 Å². The highest BCUT2D eigenvalue weighted by molar-refractivity contribution is 7.03. The van der Waals surface area contributed by atoms with Crippen molar-refractivity contribution in [2.75, 3.05) is 24.5 Å². The number of rotatable bonds is 5. The minimum Gasteiger partial charge on any atom is -0.355 e. The third kappa shape index (κ3) is 2.90. The molecule has 1 saturated heterocycles. The molecule has 0 bridgehead atoms. The topological polar surface area (TPSA) is 114 Å². The summed E-state index contributed by atoms with van der Waals surface area (Å²) in [5, 5.41) is 13.9. The van der Waals surface area contributed by atoms with Crippen LogP contribution in [-0.4, -0.2) is 54.0 Å². The van der Waals surface area contributed by atoms with Crippen molar-refractivity contribution < 1.29 is 8.78 Å². The minimum absolute atomic E-state index is 0.0267. The summed E-state index contributed by atoms with van der Waals surface area (Å²) in [4.78, 5) is 11.6. The van der Waals surface area contributed by atoms with Crippen molar-refractivity contribution in [1.82, 2.24) is 34.3 Å². The molecule has 7 rings (SSSR count). The molecule has 2 fully saturated rings. The molecule has 3 atom stereocenters. The van der Waals surface area contributed by atoms with Crippen LogP contribution in [-0.2, 0) is 5.41 Å². The van der Waals surface area contributed by atoms with Crippen molar-refractivity contribution in [2.45, 2.75) is 12.0 Å². The van der Waals surface area contributed by atoms with Crippen LogP contribution in [0.2, 0.25) is 5.02 Å². The number of anilines is 1. The van der Waals surface area contributed by atoms with Crippen molar-refractivity contribution in [2.24, 2.45) is 17.6 Å². The van der Waals surface area contributed by atoms with E-state index in [9.17, 15) is 8.78 Å². The zero-order chi connectivity index (χ0) is 23.9. The first-order valence-corrected chi connectivity index (χ1v) is 12.3. The highest BCUT2D eigenvalue weighted by atomic mass is 35.5. The Labute approximate surface area is 206 Å². The number of H-pyrrole nitrogens is 1. The normalized spacial score (nSPS) is 23.6. The summed E-state index contributed by atoms with van der Waals surface area (Å²) in [6, 6.07) is 5.44. The van der Waals surface area contributed by atoms with E-state index in [0.29, 0.717) is 61.4 Å². The SMILES string of the molecule is NCC1(c2ccsn2)C2CN(c3cnc4c(-c5ccc6nn(C(F)F)cc6c5Cl)[nH]nc4n3)C[C@H]21. The predicted molar refractivity (Wildman–Crippen MR) is 129 cm³/mol. The Morgan fingerprint density at radius 2 is 2.09 bits per heavy atom. The first kappa shape index (κ1) is 21.1. The largest absolute Gasteiger partial charge is 0.355 e. The summed E-state index contributed by atoms with van der Waals surface area (Å²) in [5.41, 5.74) is 9.82. The summed E-state index contributed by atoms with van der Waals surface area (Å²) in [5.74, 6) is 1.65. The number of aromatic nitrogens is 7. The number of piperidine rings is 1. The zero-order valence-electron chi connectivity index (χ0n) is 18.1. The van der Waals surface area contributed by atoms with Gasteiger partial charge in [-0.1, -0.05) is 11.6 Å². The molecule has 3 N–H and O–H groups in total. The molecule has 35 heavy (non-hydrogen) atoms. The molecule has 13 heteroatoms. The van der Waals surface area contributed by atoms with Crippen LogP contribution in [0.25, 0.3) is 33.3 Å². The Bertz CT molecular complexity index is 1570. The molecular weight excluding hydrogens is 496 g/mol. The number of fused-ring (bicyclic) bond motifs is 3. The fraction of sp³-hybridized carbons (Fsp3) is 0.318. The zero-order valence-corrected chi connectivity index (χ0v) is 19.6. The lowest BCUT2D eigenvalue weighted by atomic mass is 9.95. The van der Waals surface area contributed by atoms with Gasteiger partial charge in [0.25, 0.3) is 0 Å². The van der Waals surface area contributed by atoms with Gasteiger partial charge in [0, 0.05) is 47.6 Å². The first-order chi connectivity index (χ1) is 17.0. The summed E-state index contributed by atoms with van der Waals surface area (Å²) in [7, 11) is 0. The van der Waals surface area contributed by atoms with E-state index in [1.54, 1.807) is 18.3 Å². The van der Waals surface area contributed by atoms with Crippen LogP contribution in [0.1, 0.15) is 12.2 Å². The van der Waals surface area contributed by atoms with Crippen LogP contribution in [0.4, 0.5) is 14.6 Å². The van der Waals surface area contributed by atoms with Crippen molar-refractivity contribution in [3.63, 3.8) is 0 Å². The van der Waals surface area contributed by atoms with Crippen molar-refractivity contribution in [3.8, 4) is 11.3 Å². The van der Waals surface area contributed by atoms with Crippen molar-refractivity contribution in [3.05, 3.63) is 46.7 Å². The van der Waals surface area contributed by atoms with Gasteiger partial charge in [0.2, 0.25) is 5.65 Å². The molecule has 4 aromatic heterocycles. The molecule has 9 nitrogen and oxygen atoms in total. The summed E-state index contributed by atoms with van der Waals surface area (Å²) in [6.45, 7) is -0.470.